The average molecular weight is 518 g/mol. The molecule has 0 N–H and O–H groups in total. The van der Waals surface area contributed by atoms with E-state index in [1.165, 1.54) is 31.3 Å². The summed E-state index contributed by atoms with van der Waals surface area (Å²) in [5.41, 5.74) is 7.55. The molecule has 0 amide bonds. The molecule has 0 aliphatic heterocycles. The topological polar surface area (TPSA) is 16.4 Å². The number of furan rings is 1. The van der Waals surface area contributed by atoms with Crippen molar-refractivity contribution in [3.8, 4) is 11.1 Å². The van der Waals surface area contributed by atoms with E-state index in [-0.39, 0.29) is 0 Å². The van der Waals surface area contributed by atoms with Gasteiger partial charge in [0.05, 0.1) is 5.69 Å². The van der Waals surface area contributed by atoms with Crippen molar-refractivity contribution in [3.05, 3.63) is 140 Å². The van der Waals surface area contributed by atoms with E-state index in [0.29, 0.717) is 0 Å². The Kier molecular flexibility index (Phi) is 5.04. The molecule has 0 bridgehead atoms. The summed E-state index contributed by atoms with van der Waals surface area (Å²) in [6.45, 7) is 0. The maximum atomic E-state index is 6.31. The molecule has 6 aromatic carbocycles. The lowest BCUT2D eigenvalue weighted by atomic mass is 10.0. The molecule has 0 aliphatic carbocycles. The standard InChI is InChI=1S/C36H23NOS/c1-2-9-24(10-3-1)25-17-19-26(20-18-25)37(27-21-22-29-28-11-4-6-14-32(28)38-33(29)23-27)31-13-8-16-35-36(31)30-12-5-7-15-34(30)39-35/h1-23H. The maximum absolute atomic E-state index is 6.31. The average Bonchev–Trinajstić information content (AvgIpc) is 3.56. The fourth-order valence-electron chi connectivity index (χ4n) is 5.66. The van der Waals surface area contributed by atoms with Gasteiger partial charge in [0.2, 0.25) is 0 Å². The molecular formula is C36H23NOS. The Morgan fingerprint density at radius 3 is 2.00 bits per heavy atom. The summed E-state index contributed by atoms with van der Waals surface area (Å²) in [6.07, 6.45) is 0. The van der Waals surface area contributed by atoms with E-state index in [4.69, 9.17) is 4.42 Å². The Bertz CT molecular complexity index is 2120. The van der Waals surface area contributed by atoms with Crippen LogP contribution in [-0.4, -0.2) is 0 Å². The first-order valence-electron chi connectivity index (χ1n) is 13.1. The van der Waals surface area contributed by atoms with Crippen LogP contribution >= 0.6 is 11.3 Å². The van der Waals surface area contributed by atoms with E-state index < -0.39 is 0 Å². The molecule has 0 fully saturated rings. The van der Waals surface area contributed by atoms with Gasteiger partial charge in [0.15, 0.2) is 0 Å². The van der Waals surface area contributed by atoms with Gasteiger partial charge in [-0.15, -0.1) is 11.3 Å². The molecule has 0 atom stereocenters. The lowest BCUT2D eigenvalue weighted by Crippen LogP contribution is -2.10. The number of anilines is 3. The second-order valence-electron chi connectivity index (χ2n) is 9.78. The highest BCUT2D eigenvalue weighted by atomic mass is 32.1. The van der Waals surface area contributed by atoms with E-state index in [0.717, 1.165) is 39.0 Å². The van der Waals surface area contributed by atoms with Crippen molar-refractivity contribution in [3.63, 3.8) is 0 Å². The van der Waals surface area contributed by atoms with Crippen molar-refractivity contribution in [2.75, 3.05) is 4.90 Å². The Morgan fingerprint density at radius 1 is 0.462 bits per heavy atom. The summed E-state index contributed by atoms with van der Waals surface area (Å²) in [6, 6.07) is 49.5. The normalized spacial score (nSPS) is 11.6. The fraction of sp³-hybridized carbons (Fsp3) is 0. The Hall–Kier alpha value is -4.86. The van der Waals surface area contributed by atoms with Crippen LogP contribution in [0.3, 0.4) is 0 Å². The second kappa shape index (κ2) is 8.87. The minimum Gasteiger partial charge on any atom is -0.456 e. The van der Waals surface area contributed by atoms with Crippen molar-refractivity contribution in [1.82, 2.24) is 0 Å². The van der Waals surface area contributed by atoms with E-state index in [1.54, 1.807) is 0 Å². The van der Waals surface area contributed by atoms with Crippen LogP contribution in [0.4, 0.5) is 17.1 Å². The molecule has 0 unspecified atom stereocenters. The van der Waals surface area contributed by atoms with Crippen LogP contribution in [0.25, 0.3) is 53.2 Å². The summed E-state index contributed by atoms with van der Waals surface area (Å²) >= 11 is 1.84. The number of rotatable bonds is 4. The van der Waals surface area contributed by atoms with Gasteiger partial charge in [0, 0.05) is 48.4 Å². The highest BCUT2D eigenvalue weighted by Crippen LogP contribution is 2.45. The van der Waals surface area contributed by atoms with Gasteiger partial charge in [-0.3, -0.25) is 0 Å². The fourth-order valence-corrected chi connectivity index (χ4v) is 6.78. The van der Waals surface area contributed by atoms with Crippen LogP contribution in [0.5, 0.6) is 0 Å². The summed E-state index contributed by atoms with van der Waals surface area (Å²) in [4.78, 5) is 2.36. The number of thiophene rings is 1. The molecule has 0 saturated heterocycles. The van der Waals surface area contributed by atoms with Gasteiger partial charge < -0.3 is 9.32 Å². The number of para-hydroxylation sites is 1. The number of fused-ring (bicyclic) bond motifs is 6. The van der Waals surface area contributed by atoms with Crippen LogP contribution in [-0.2, 0) is 0 Å². The van der Waals surface area contributed by atoms with Crippen molar-refractivity contribution >= 4 is 70.5 Å². The zero-order chi connectivity index (χ0) is 25.8. The zero-order valence-corrected chi connectivity index (χ0v) is 21.9. The number of hydrogen-bond acceptors (Lipinski definition) is 3. The molecule has 2 heterocycles. The molecular weight excluding hydrogens is 494 g/mol. The first-order valence-corrected chi connectivity index (χ1v) is 13.9. The summed E-state index contributed by atoms with van der Waals surface area (Å²) < 4.78 is 8.89. The predicted octanol–water partition coefficient (Wildman–Crippen LogP) is 11.1. The van der Waals surface area contributed by atoms with Crippen LogP contribution in [0.2, 0.25) is 0 Å². The molecule has 0 aliphatic rings. The van der Waals surface area contributed by atoms with Crippen molar-refractivity contribution in [1.29, 1.82) is 0 Å². The third-order valence-electron chi connectivity index (χ3n) is 7.47. The van der Waals surface area contributed by atoms with Crippen LogP contribution < -0.4 is 4.90 Å². The Labute approximate surface area is 230 Å². The van der Waals surface area contributed by atoms with E-state index in [9.17, 15) is 0 Å². The molecule has 0 radical (unpaired) electrons. The molecule has 39 heavy (non-hydrogen) atoms. The second-order valence-corrected chi connectivity index (χ2v) is 10.9. The quantitative estimate of drug-likeness (QED) is 0.231. The van der Waals surface area contributed by atoms with Gasteiger partial charge in [-0.2, -0.15) is 0 Å². The number of nitrogens with zero attached hydrogens (tertiary/aromatic N) is 1. The lowest BCUT2D eigenvalue weighted by molar-refractivity contribution is 0.669. The minimum atomic E-state index is 0.891. The van der Waals surface area contributed by atoms with Gasteiger partial charge in [0.25, 0.3) is 0 Å². The van der Waals surface area contributed by atoms with E-state index in [1.807, 2.05) is 23.5 Å². The minimum absolute atomic E-state index is 0.891. The highest BCUT2D eigenvalue weighted by Gasteiger charge is 2.19. The van der Waals surface area contributed by atoms with Crippen LogP contribution in [0.15, 0.2) is 144 Å². The van der Waals surface area contributed by atoms with Gasteiger partial charge in [0.1, 0.15) is 11.2 Å². The third-order valence-corrected chi connectivity index (χ3v) is 8.61. The van der Waals surface area contributed by atoms with Crippen LogP contribution in [0, 0.1) is 0 Å². The van der Waals surface area contributed by atoms with Gasteiger partial charge in [-0.1, -0.05) is 84.9 Å². The summed E-state index contributed by atoms with van der Waals surface area (Å²) in [5, 5.41) is 4.83. The molecule has 0 saturated carbocycles. The van der Waals surface area contributed by atoms with Gasteiger partial charge in [-0.05, 0) is 59.7 Å². The molecule has 8 rings (SSSR count). The Morgan fingerprint density at radius 2 is 1.13 bits per heavy atom. The largest absolute Gasteiger partial charge is 0.456 e. The predicted molar refractivity (Wildman–Crippen MR) is 167 cm³/mol. The van der Waals surface area contributed by atoms with Crippen molar-refractivity contribution < 1.29 is 4.42 Å². The summed E-state index contributed by atoms with van der Waals surface area (Å²) in [5.74, 6) is 0. The molecule has 0 spiro atoms. The molecule has 8 aromatic rings. The first-order chi connectivity index (χ1) is 19.3. The Balaban J connectivity index is 1.37. The molecule has 2 aromatic heterocycles. The van der Waals surface area contributed by atoms with Gasteiger partial charge in [-0.25, -0.2) is 0 Å². The van der Waals surface area contributed by atoms with E-state index >= 15 is 0 Å². The van der Waals surface area contributed by atoms with Crippen molar-refractivity contribution in [2.24, 2.45) is 0 Å². The molecule has 2 nitrogen and oxygen atoms in total. The smallest absolute Gasteiger partial charge is 0.137 e. The maximum Gasteiger partial charge on any atom is 0.137 e. The van der Waals surface area contributed by atoms with Gasteiger partial charge >= 0.3 is 0 Å². The van der Waals surface area contributed by atoms with E-state index in [2.05, 4.69) is 132 Å². The monoisotopic (exact) mass is 517 g/mol. The first kappa shape index (κ1) is 22.2. The highest BCUT2D eigenvalue weighted by molar-refractivity contribution is 7.26. The van der Waals surface area contributed by atoms with Crippen molar-refractivity contribution in [2.45, 2.75) is 0 Å². The number of hydrogen-bond donors (Lipinski definition) is 0. The lowest BCUT2D eigenvalue weighted by Gasteiger charge is -2.26. The summed E-state index contributed by atoms with van der Waals surface area (Å²) in [7, 11) is 0. The third kappa shape index (κ3) is 3.63. The molecule has 3 heteroatoms. The number of benzene rings is 6. The van der Waals surface area contributed by atoms with Crippen LogP contribution in [0.1, 0.15) is 0 Å². The SMILES string of the molecule is c1ccc(-c2ccc(N(c3ccc4c(c3)oc3ccccc34)c3cccc4sc5ccccc5c34)cc2)cc1. The molecule has 184 valence electrons. The zero-order valence-electron chi connectivity index (χ0n) is 21.0.